The van der Waals surface area contributed by atoms with Gasteiger partial charge in [-0.25, -0.2) is 4.79 Å². The first-order valence-corrected chi connectivity index (χ1v) is 6.29. The molecule has 0 spiro atoms. The summed E-state index contributed by atoms with van der Waals surface area (Å²) in [5.74, 6) is 0. The lowest BCUT2D eigenvalue weighted by molar-refractivity contribution is -0.141. The molecule has 0 saturated heterocycles. The maximum atomic E-state index is 12.5. The number of alkyl halides is 3. The van der Waals surface area contributed by atoms with Crippen molar-refractivity contribution in [3.8, 4) is 0 Å². The third-order valence-electron chi connectivity index (χ3n) is 2.65. The highest BCUT2D eigenvalue weighted by Crippen LogP contribution is 2.25. The van der Waals surface area contributed by atoms with Crippen LogP contribution in [0.1, 0.15) is 11.3 Å². The van der Waals surface area contributed by atoms with E-state index in [-0.39, 0.29) is 16.6 Å². The molecule has 0 radical (unpaired) electrons. The number of benzene rings is 1. The van der Waals surface area contributed by atoms with Gasteiger partial charge in [-0.05, 0) is 17.7 Å². The molecule has 0 saturated carbocycles. The lowest BCUT2D eigenvalue weighted by Gasteiger charge is -2.09. The molecule has 0 atom stereocenters. The van der Waals surface area contributed by atoms with Gasteiger partial charge in [-0.15, -0.1) is 0 Å². The van der Waals surface area contributed by atoms with Gasteiger partial charge in [0.2, 0.25) is 0 Å². The number of nitrogens with one attached hydrogen (secondary N) is 1. The molecule has 9 heteroatoms. The van der Waals surface area contributed by atoms with Crippen LogP contribution < -0.4 is 11.2 Å². The number of aromatic nitrogens is 2. The van der Waals surface area contributed by atoms with Crippen molar-refractivity contribution in [1.82, 2.24) is 9.55 Å². The van der Waals surface area contributed by atoms with Crippen molar-refractivity contribution < 1.29 is 13.2 Å². The summed E-state index contributed by atoms with van der Waals surface area (Å²) in [6.45, 7) is -0.219. The fourth-order valence-electron chi connectivity index (χ4n) is 1.64. The van der Waals surface area contributed by atoms with Gasteiger partial charge < -0.3 is 4.98 Å². The quantitative estimate of drug-likeness (QED) is 0.915. The van der Waals surface area contributed by atoms with E-state index in [1.165, 1.54) is 18.2 Å². The molecule has 1 aromatic heterocycles. The Morgan fingerprint density at radius 3 is 2.29 bits per heavy atom. The van der Waals surface area contributed by atoms with Crippen LogP contribution in [-0.4, -0.2) is 9.55 Å². The number of rotatable bonds is 2. The van der Waals surface area contributed by atoms with Crippen molar-refractivity contribution in [3.05, 3.63) is 66.4 Å². The monoisotopic (exact) mass is 338 g/mol. The van der Waals surface area contributed by atoms with E-state index in [1.807, 2.05) is 0 Å². The molecule has 112 valence electrons. The van der Waals surface area contributed by atoms with Crippen LogP contribution in [0.25, 0.3) is 0 Å². The second kappa shape index (κ2) is 5.57. The molecule has 1 aromatic carbocycles. The number of halogens is 5. The van der Waals surface area contributed by atoms with Gasteiger partial charge in [-0.3, -0.25) is 9.36 Å². The molecule has 0 fully saturated rings. The van der Waals surface area contributed by atoms with E-state index in [9.17, 15) is 22.8 Å². The fraction of sp³-hybridized carbons (Fsp3) is 0.167. The highest BCUT2D eigenvalue weighted by Gasteiger charge is 2.32. The zero-order chi connectivity index (χ0) is 15.8. The van der Waals surface area contributed by atoms with Crippen LogP contribution in [0.2, 0.25) is 10.0 Å². The van der Waals surface area contributed by atoms with Gasteiger partial charge >= 0.3 is 11.9 Å². The Morgan fingerprint density at radius 2 is 1.76 bits per heavy atom. The van der Waals surface area contributed by atoms with E-state index < -0.39 is 23.1 Å². The molecule has 21 heavy (non-hydrogen) atoms. The Balaban J connectivity index is 2.44. The average molecular weight is 339 g/mol. The number of hydrogen-bond donors (Lipinski definition) is 1. The average Bonchev–Trinajstić information content (AvgIpc) is 2.36. The molecule has 1 N–H and O–H groups in total. The summed E-state index contributed by atoms with van der Waals surface area (Å²) in [7, 11) is 0. The van der Waals surface area contributed by atoms with Crippen LogP contribution >= 0.6 is 23.2 Å². The Kier molecular flexibility index (Phi) is 4.15. The SMILES string of the molecule is O=c1cc(C(F)(F)F)[nH]c(=O)n1Cc1ccc(Cl)c(Cl)c1. The first-order valence-electron chi connectivity index (χ1n) is 5.54. The molecule has 0 unspecified atom stereocenters. The van der Waals surface area contributed by atoms with Gasteiger partial charge in [0.05, 0.1) is 16.6 Å². The minimum Gasteiger partial charge on any atom is -0.303 e. The maximum Gasteiger partial charge on any atom is 0.431 e. The zero-order valence-corrected chi connectivity index (χ0v) is 11.7. The van der Waals surface area contributed by atoms with E-state index >= 15 is 0 Å². The number of hydrogen-bond acceptors (Lipinski definition) is 2. The molecule has 2 rings (SSSR count). The normalized spacial score (nSPS) is 11.7. The summed E-state index contributed by atoms with van der Waals surface area (Å²) < 4.78 is 38.0. The second-order valence-electron chi connectivity index (χ2n) is 4.16. The minimum atomic E-state index is -4.79. The molecular formula is C12H7Cl2F3N2O2. The molecule has 1 heterocycles. The van der Waals surface area contributed by atoms with E-state index in [4.69, 9.17) is 23.2 Å². The van der Waals surface area contributed by atoms with Crippen LogP contribution in [0.3, 0.4) is 0 Å². The van der Waals surface area contributed by atoms with Crippen molar-refractivity contribution in [1.29, 1.82) is 0 Å². The van der Waals surface area contributed by atoms with Gasteiger partial charge in [-0.1, -0.05) is 29.3 Å². The minimum absolute atomic E-state index is 0.213. The van der Waals surface area contributed by atoms with Crippen LogP contribution in [0.5, 0.6) is 0 Å². The number of aromatic amines is 1. The largest absolute Gasteiger partial charge is 0.431 e. The number of H-pyrrole nitrogens is 1. The predicted octanol–water partition coefficient (Wildman–Crippen LogP) is 2.91. The lowest BCUT2D eigenvalue weighted by atomic mass is 10.2. The van der Waals surface area contributed by atoms with Crippen molar-refractivity contribution >= 4 is 23.2 Å². The Labute approximate surface area is 125 Å². The van der Waals surface area contributed by atoms with Crippen molar-refractivity contribution in [2.75, 3.05) is 0 Å². The van der Waals surface area contributed by atoms with Gasteiger partial charge in [0, 0.05) is 6.07 Å². The van der Waals surface area contributed by atoms with Crippen molar-refractivity contribution in [3.63, 3.8) is 0 Å². The van der Waals surface area contributed by atoms with Gasteiger partial charge in [0.1, 0.15) is 5.69 Å². The highest BCUT2D eigenvalue weighted by atomic mass is 35.5. The molecule has 0 aliphatic rings. The molecule has 0 aliphatic carbocycles. The molecular weight excluding hydrogens is 332 g/mol. The van der Waals surface area contributed by atoms with Gasteiger partial charge in [-0.2, -0.15) is 13.2 Å². The summed E-state index contributed by atoms with van der Waals surface area (Å²) in [5, 5.41) is 0.500. The summed E-state index contributed by atoms with van der Waals surface area (Å²) in [6.07, 6.45) is -4.79. The summed E-state index contributed by atoms with van der Waals surface area (Å²) in [4.78, 5) is 24.9. The van der Waals surface area contributed by atoms with Crippen LogP contribution in [0, 0.1) is 0 Å². The highest BCUT2D eigenvalue weighted by molar-refractivity contribution is 6.42. The maximum absolute atomic E-state index is 12.5. The third-order valence-corrected chi connectivity index (χ3v) is 3.39. The molecule has 0 amide bonds. The van der Waals surface area contributed by atoms with E-state index in [0.717, 1.165) is 0 Å². The predicted molar refractivity (Wildman–Crippen MR) is 71.9 cm³/mol. The topological polar surface area (TPSA) is 54.9 Å². The summed E-state index contributed by atoms with van der Waals surface area (Å²) in [6, 6.07) is 4.73. The lowest BCUT2D eigenvalue weighted by Crippen LogP contribution is -2.37. The Bertz CT molecular complexity index is 765. The van der Waals surface area contributed by atoms with Crippen LogP contribution in [-0.2, 0) is 12.7 Å². The van der Waals surface area contributed by atoms with E-state index in [2.05, 4.69) is 0 Å². The summed E-state index contributed by atoms with van der Waals surface area (Å²) >= 11 is 11.5. The number of nitrogens with zero attached hydrogens (tertiary/aromatic N) is 1. The first kappa shape index (κ1) is 15.7. The van der Waals surface area contributed by atoms with Crippen LogP contribution in [0.15, 0.2) is 33.9 Å². The van der Waals surface area contributed by atoms with Gasteiger partial charge in [0.15, 0.2) is 0 Å². The van der Waals surface area contributed by atoms with E-state index in [0.29, 0.717) is 16.2 Å². The standard InChI is InChI=1S/C12H7Cl2F3N2O2/c13-7-2-1-6(3-8(7)14)5-19-10(20)4-9(12(15,16)17)18-11(19)21/h1-4H,5H2,(H,18,21). The van der Waals surface area contributed by atoms with E-state index in [1.54, 1.807) is 4.98 Å². The molecule has 4 nitrogen and oxygen atoms in total. The smallest absolute Gasteiger partial charge is 0.303 e. The summed E-state index contributed by atoms with van der Waals surface area (Å²) in [5.41, 5.74) is -3.14. The fourth-order valence-corrected chi connectivity index (χ4v) is 1.96. The zero-order valence-electron chi connectivity index (χ0n) is 10.2. The second-order valence-corrected chi connectivity index (χ2v) is 4.97. The van der Waals surface area contributed by atoms with Gasteiger partial charge in [0.25, 0.3) is 5.56 Å². The first-order chi connectivity index (χ1) is 9.68. The third kappa shape index (κ3) is 3.48. The Hall–Kier alpha value is -1.73. The van der Waals surface area contributed by atoms with Crippen molar-refractivity contribution in [2.24, 2.45) is 0 Å². The molecule has 2 aromatic rings. The molecule has 0 aliphatic heterocycles. The molecule has 0 bridgehead atoms. The van der Waals surface area contributed by atoms with Crippen molar-refractivity contribution in [2.45, 2.75) is 12.7 Å². The Morgan fingerprint density at radius 1 is 1.10 bits per heavy atom. The van der Waals surface area contributed by atoms with Crippen LogP contribution in [0.4, 0.5) is 13.2 Å².